The first-order chi connectivity index (χ1) is 6.83. The SMILES string of the molecule is O=NC(=O)c1nncc2ccccc12. The van der Waals surface area contributed by atoms with Crippen LogP contribution in [0.25, 0.3) is 10.8 Å². The summed E-state index contributed by atoms with van der Waals surface area (Å²) >= 11 is 0. The summed E-state index contributed by atoms with van der Waals surface area (Å²) in [7, 11) is 0. The molecule has 1 amide bonds. The molecule has 0 N–H and O–H groups in total. The Balaban J connectivity index is 2.77. The Labute approximate surface area is 78.7 Å². The molecule has 0 radical (unpaired) electrons. The second-order valence-corrected chi connectivity index (χ2v) is 2.68. The molecule has 0 saturated carbocycles. The van der Waals surface area contributed by atoms with E-state index in [1.54, 1.807) is 18.2 Å². The molecule has 0 atom stereocenters. The van der Waals surface area contributed by atoms with E-state index in [1.165, 1.54) is 6.20 Å². The van der Waals surface area contributed by atoms with Crippen molar-refractivity contribution >= 4 is 16.7 Å². The third kappa shape index (κ3) is 1.24. The number of rotatable bonds is 1. The summed E-state index contributed by atoms with van der Waals surface area (Å²) in [5, 5.41) is 10.9. The topological polar surface area (TPSA) is 72.3 Å². The van der Waals surface area contributed by atoms with Gasteiger partial charge in [0, 0.05) is 15.9 Å². The van der Waals surface area contributed by atoms with Crippen molar-refractivity contribution in [3.05, 3.63) is 41.1 Å². The molecule has 1 aromatic carbocycles. The van der Waals surface area contributed by atoms with Crippen molar-refractivity contribution in [2.75, 3.05) is 0 Å². The molecule has 0 bridgehead atoms. The van der Waals surface area contributed by atoms with Gasteiger partial charge in [0.15, 0.2) is 5.69 Å². The van der Waals surface area contributed by atoms with Gasteiger partial charge in [-0.15, -0.1) is 10.0 Å². The average Bonchev–Trinajstić information content (AvgIpc) is 2.27. The van der Waals surface area contributed by atoms with Crippen LogP contribution in [0.5, 0.6) is 0 Å². The number of nitrogens with zero attached hydrogens (tertiary/aromatic N) is 3. The first-order valence-electron chi connectivity index (χ1n) is 3.91. The number of amides is 1. The number of nitroso groups, excluding NO2 is 1. The minimum Gasteiger partial charge on any atom is -0.261 e. The van der Waals surface area contributed by atoms with Gasteiger partial charge in [0.2, 0.25) is 0 Å². The van der Waals surface area contributed by atoms with E-state index in [-0.39, 0.29) is 5.69 Å². The molecule has 2 aromatic rings. The lowest BCUT2D eigenvalue weighted by Crippen LogP contribution is -2.00. The molecule has 0 fully saturated rings. The van der Waals surface area contributed by atoms with Crippen molar-refractivity contribution in [2.45, 2.75) is 0 Å². The maximum absolute atomic E-state index is 11.0. The smallest absolute Gasteiger partial charge is 0.261 e. The molecule has 1 aromatic heterocycles. The van der Waals surface area contributed by atoms with Crippen molar-refractivity contribution in [3.63, 3.8) is 0 Å². The zero-order valence-electron chi connectivity index (χ0n) is 7.04. The van der Waals surface area contributed by atoms with Crippen molar-refractivity contribution in [2.24, 2.45) is 5.18 Å². The normalized spacial score (nSPS) is 10.0. The first-order valence-corrected chi connectivity index (χ1v) is 3.91. The molecule has 5 nitrogen and oxygen atoms in total. The van der Waals surface area contributed by atoms with Crippen LogP contribution >= 0.6 is 0 Å². The van der Waals surface area contributed by atoms with Crippen LogP contribution in [0.1, 0.15) is 10.5 Å². The van der Waals surface area contributed by atoms with E-state index in [0.717, 1.165) is 5.39 Å². The quantitative estimate of drug-likeness (QED) is 0.634. The van der Waals surface area contributed by atoms with Crippen molar-refractivity contribution in [3.8, 4) is 0 Å². The van der Waals surface area contributed by atoms with Gasteiger partial charge in [-0.1, -0.05) is 24.3 Å². The molecule has 5 heteroatoms. The minimum atomic E-state index is -0.894. The van der Waals surface area contributed by atoms with Crippen LogP contribution in [0.15, 0.2) is 35.6 Å². The van der Waals surface area contributed by atoms with Crippen LogP contribution in [0.4, 0.5) is 0 Å². The minimum absolute atomic E-state index is 0.00176. The van der Waals surface area contributed by atoms with Crippen molar-refractivity contribution in [1.82, 2.24) is 10.2 Å². The number of aromatic nitrogens is 2. The van der Waals surface area contributed by atoms with Crippen LogP contribution in [0.2, 0.25) is 0 Å². The van der Waals surface area contributed by atoms with Gasteiger partial charge in [-0.3, -0.25) is 4.79 Å². The van der Waals surface area contributed by atoms with Gasteiger partial charge in [0.05, 0.1) is 6.20 Å². The fourth-order valence-electron chi connectivity index (χ4n) is 1.23. The van der Waals surface area contributed by atoms with Crippen LogP contribution < -0.4 is 0 Å². The summed E-state index contributed by atoms with van der Waals surface area (Å²) in [5.41, 5.74) is -0.00176. The van der Waals surface area contributed by atoms with Crippen molar-refractivity contribution in [1.29, 1.82) is 0 Å². The Morgan fingerprint density at radius 1 is 1.29 bits per heavy atom. The maximum atomic E-state index is 11.0. The van der Waals surface area contributed by atoms with Gasteiger partial charge < -0.3 is 0 Å². The first kappa shape index (κ1) is 8.43. The summed E-state index contributed by atoms with van der Waals surface area (Å²) < 4.78 is 0. The molecule has 0 aliphatic carbocycles. The molecular formula is C9H5N3O2. The van der Waals surface area contributed by atoms with Crippen LogP contribution in [0, 0.1) is 4.91 Å². The second-order valence-electron chi connectivity index (χ2n) is 2.68. The Morgan fingerprint density at radius 3 is 2.86 bits per heavy atom. The van der Waals surface area contributed by atoms with E-state index in [9.17, 15) is 9.70 Å². The number of hydrogen-bond donors (Lipinski definition) is 0. The van der Waals surface area contributed by atoms with Gasteiger partial charge in [-0.2, -0.15) is 5.10 Å². The number of benzene rings is 1. The molecule has 68 valence electrons. The summed E-state index contributed by atoms with van der Waals surface area (Å²) in [6, 6.07) is 7.05. The predicted molar refractivity (Wildman–Crippen MR) is 49.7 cm³/mol. The van der Waals surface area contributed by atoms with Gasteiger partial charge >= 0.3 is 5.91 Å². The van der Waals surface area contributed by atoms with Crippen LogP contribution in [0.3, 0.4) is 0 Å². The van der Waals surface area contributed by atoms with Gasteiger partial charge in [0.1, 0.15) is 0 Å². The van der Waals surface area contributed by atoms with E-state index in [0.29, 0.717) is 5.39 Å². The molecular weight excluding hydrogens is 182 g/mol. The average molecular weight is 187 g/mol. The third-order valence-electron chi connectivity index (χ3n) is 1.86. The summed E-state index contributed by atoms with van der Waals surface area (Å²) in [4.78, 5) is 21.1. The lowest BCUT2D eigenvalue weighted by atomic mass is 10.1. The highest BCUT2D eigenvalue weighted by Crippen LogP contribution is 2.15. The molecule has 1 heterocycles. The fraction of sp³-hybridized carbons (Fsp3) is 0. The van der Waals surface area contributed by atoms with Crippen LogP contribution in [-0.2, 0) is 0 Å². The standard InChI is InChI=1S/C9H5N3O2/c13-9(12-14)8-7-4-2-1-3-6(7)5-10-11-8/h1-5H. The number of carbonyl (C=O) groups excluding carboxylic acids is 1. The number of hydrogen-bond acceptors (Lipinski definition) is 4. The largest absolute Gasteiger partial charge is 0.337 e. The summed E-state index contributed by atoms with van der Waals surface area (Å²) in [5.74, 6) is -0.894. The molecule has 0 spiro atoms. The van der Waals surface area contributed by atoms with Gasteiger partial charge in [-0.25, -0.2) is 0 Å². The van der Waals surface area contributed by atoms with E-state index < -0.39 is 5.91 Å². The highest BCUT2D eigenvalue weighted by molar-refractivity contribution is 6.05. The third-order valence-corrected chi connectivity index (χ3v) is 1.86. The zero-order chi connectivity index (χ0) is 9.97. The van der Waals surface area contributed by atoms with Gasteiger partial charge in [-0.05, 0) is 0 Å². The molecule has 0 saturated heterocycles. The predicted octanol–water partition coefficient (Wildman–Crippen LogP) is 1.54. The highest BCUT2D eigenvalue weighted by Gasteiger charge is 2.11. The maximum Gasteiger partial charge on any atom is 0.337 e. The highest BCUT2D eigenvalue weighted by atomic mass is 16.3. The Morgan fingerprint density at radius 2 is 2.07 bits per heavy atom. The van der Waals surface area contributed by atoms with Crippen LogP contribution in [-0.4, -0.2) is 16.1 Å². The summed E-state index contributed by atoms with van der Waals surface area (Å²) in [6.07, 6.45) is 1.52. The molecule has 2 rings (SSSR count). The second kappa shape index (κ2) is 3.29. The van der Waals surface area contributed by atoms with Crippen molar-refractivity contribution < 1.29 is 4.79 Å². The molecule has 0 unspecified atom stereocenters. The molecule has 14 heavy (non-hydrogen) atoms. The van der Waals surface area contributed by atoms with E-state index in [2.05, 4.69) is 15.4 Å². The van der Waals surface area contributed by atoms with E-state index >= 15 is 0 Å². The zero-order valence-corrected chi connectivity index (χ0v) is 7.04. The monoisotopic (exact) mass is 187 g/mol. The van der Waals surface area contributed by atoms with E-state index in [4.69, 9.17) is 0 Å². The molecule has 0 aliphatic heterocycles. The number of fused-ring (bicyclic) bond motifs is 1. The lowest BCUT2D eigenvalue weighted by molar-refractivity contribution is 0.0997. The Bertz CT molecular complexity index is 505. The number of carbonyl (C=O) groups is 1. The van der Waals surface area contributed by atoms with E-state index in [1.807, 2.05) is 6.07 Å². The fourth-order valence-corrected chi connectivity index (χ4v) is 1.23. The lowest BCUT2D eigenvalue weighted by Gasteiger charge is -1.97. The van der Waals surface area contributed by atoms with Gasteiger partial charge in [0.25, 0.3) is 0 Å². The Hall–Kier alpha value is -2.17. The summed E-state index contributed by atoms with van der Waals surface area (Å²) in [6.45, 7) is 0. The molecule has 0 aliphatic rings. The Kier molecular flexibility index (Phi) is 1.98.